The van der Waals surface area contributed by atoms with E-state index in [2.05, 4.69) is 0 Å². The average molecular weight is 261 g/mol. The summed E-state index contributed by atoms with van der Waals surface area (Å²) in [4.78, 5) is 24.4. The maximum atomic E-state index is 11.8. The van der Waals surface area contributed by atoms with Crippen LogP contribution in [0, 0.1) is 0 Å². The first-order valence-corrected chi connectivity index (χ1v) is 6.03. The summed E-state index contributed by atoms with van der Waals surface area (Å²) in [7, 11) is 1.39. The van der Waals surface area contributed by atoms with Crippen molar-refractivity contribution in [3.05, 3.63) is 42.0 Å². The molecule has 0 aliphatic rings. The fourth-order valence-electron chi connectivity index (χ4n) is 1.26. The first-order chi connectivity index (χ1) is 8.79. The first-order valence-electron chi connectivity index (χ1n) is 6.03. The predicted molar refractivity (Wildman–Crippen MR) is 74.5 cm³/mol. The molecule has 0 saturated heterocycles. The number of carbonyl (C=O) groups excluding carboxylic acids is 2. The molecule has 0 spiro atoms. The number of hydrogen-bond donors (Lipinski definition) is 0. The molecule has 0 saturated carbocycles. The van der Waals surface area contributed by atoms with Crippen molar-refractivity contribution in [3.8, 4) is 0 Å². The number of imide groups is 1. The van der Waals surface area contributed by atoms with Crippen molar-refractivity contribution in [1.82, 2.24) is 4.90 Å². The van der Waals surface area contributed by atoms with Gasteiger partial charge in [0.25, 0.3) is 5.91 Å². The number of likely N-dealkylation sites (N-methyl/N-ethyl adjacent to an activating group) is 1. The lowest BCUT2D eigenvalue weighted by atomic mass is 10.2. The molecule has 1 rings (SSSR count). The zero-order valence-corrected chi connectivity index (χ0v) is 11.7. The second-order valence-electron chi connectivity index (χ2n) is 5.12. The summed E-state index contributed by atoms with van der Waals surface area (Å²) in [6, 6.07) is 9.39. The third-order valence-electron chi connectivity index (χ3n) is 2.22. The number of amides is 2. The summed E-state index contributed by atoms with van der Waals surface area (Å²) in [5.41, 5.74) is 0.280. The van der Waals surface area contributed by atoms with Crippen LogP contribution in [0.15, 0.2) is 36.4 Å². The van der Waals surface area contributed by atoms with Gasteiger partial charge in [-0.15, -0.1) is 0 Å². The molecule has 0 fully saturated rings. The molecule has 4 nitrogen and oxygen atoms in total. The summed E-state index contributed by atoms with van der Waals surface area (Å²) in [5, 5.41) is 0. The average Bonchev–Trinajstić information content (AvgIpc) is 2.34. The molecule has 102 valence electrons. The van der Waals surface area contributed by atoms with Gasteiger partial charge in [-0.2, -0.15) is 0 Å². The third kappa shape index (κ3) is 5.38. The number of carbonyl (C=O) groups is 2. The van der Waals surface area contributed by atoms with Crippen molar-refractivity contribution in [2.24, 2.45) is 0 Å². The van der Waals surface area contributed by atoms with Gasteiger partial charge in [0.1, 0.15) is 5.60 Å². The lowest BCUT2D eigenvalue weighted by molar-refractivity contribution is -0.124. The number of hydrogen-bond acceptors (Lipinski definition) is 3. The lowest BCUT2D eigenvalue weighted by Crippen LogP contribution is -2.37. The number of rotatable bonds is 2. The van der Waals surface area contributed by atoms with Crippen LogP contribution < -0.4 is 0 Å². The van der Waals surface area contributed by atoms with Crippen LogP contribution in [0.3, 0.4) is 0 Å². The topological polar surface area (TPSA) is 46.6 Å². The zero-order valence-electron chi connectivity index (χ0n) is 11.7. The van der Waals surface area contributed by atoms with Crippen LogP contribution in [0.5, 0.6) is 0 Å². The number of benzene rings is 1. The zero-order chi connectivity index (χ0) is 14.5. The molecule has 0 atom stereocenters. The van der Waals surface area contributed by atoms with Gasteiger partial charge in [0, 0.05) is 13.1 Å². The van der Waals surface area contributed by atoms with Gasteiger partial charge in [-0.3, -0.25) is 4.79 Å². The molecule has 0 aromatic heterocycles. The molecule has 0 bridgehead atoms. The molecular formula is C15H19NO3. The smallest absolute Gasteiger partial charge is 0.417 e. The quantitative estimate of drug-likeness (QED) is 0.768. The van der Waals surface area contributed by atoms with Gasteiger partial charge in [0.2, 0.25) is 0 Å². The predicted octanol–water partition coefficient (Wildman–Crippen LogP) is 3.09. The first kappa shape index (κ1) is 15.0. The fourth-order valence-corrected chi connectivity index (χ4v) is 1.26. The summed E-state index contributed by atoms with van der Waals surface area (Å²) >= 11 is 0. The minimum Gasteiger partial charge on any atom is -0.443 e. The van der Waals surface area contributed by atoms with E-state index in [-0.39, 0.29) is 0 Å². The van der Waals surface area contributed by atoms with E-state index in [1.54, 1.807) is 26.8 Å². The molecule has 0 heterocycles. The van der Waals surface area contributed by atoms with Crippen LogP contribution in [-0.4, -0.2) is 29.5 Å². The van der Waals surface area contributed by atoms with E-state index in [1.165, 1.54) is 13.1 Å². The highest BCUT2D eigenvalue weighted by Gasteiger charge is 2.22. The Morgan fingerprint density at radius 3 is 2.26 bits per heavy atom. The molecule has 2 amide bonds. The van der Waals surface area contributed by atoms with Gasteiger partial charge in [0.15, 0.2) is 0 Å². The van der Waals surface area contributed by atoms with Crippen LogP contribution in [0.2, 0.25) is 0 Å². The van der Waals surface area contributed by atoms with E-state index in [4.69, 9.17) is 4.74 Å². The van der Waals surface area contributed by atoms with Crippen molar-refractivity contribution in [1.29, 1.82) is 0 Å². The van der Waals surface area contributed by atoms with Crippen molar-refractivity contribution in [3.63, 3.8) is 0 Å². The van der Waals surface area contributed by atoms with E-state index in [9.17, 15) is 9.59 Å². The van der Waals surface area contributed by atoms with Gasteiger partial charge < -0.3 is 4.74 Å². The fraction of sp³-hybridized carbons (Fsp3) is 0.333. The normalized spacial score (nSPS) is 11.4. The maximum Gasteiger partial charge on any atom is 0.417 e. The SMILES string of the molecule is CN(C(=O)/C=C/c1ccccc1)C(=O)OC(C)(C)C. The number of ether oxygens (including phenoxy) is 1. The molecule has 1 aromatic carbocycles. The Balaban J connectivity index is 2.63. The number of nitrogens with zero attached hydrogens (tertiary/aromatic N) is 1. The van der Waals surface area contributed by atoms with Crippen molar-refractivity contribution >= 4 is 18.1 Å². The Morgan fingerprint density at radius 2 is 1.74 bits per heavy atom. The Bertz CT molecular complexity index is 472. The molecule has 0 radical (unpaired) electrons. The molecular weight excluding hydrogens is 242 g/mol. The van der Waals surface area contributed by atoms with Crippen LogP contribution in [0.25, 0.3) is 6.08 Å². The van der Waals surface area contributed by atoms with Crippen molar-refractivity contribution in [2.75, 3.05) is 7.05 Å². The Hall–Kier alpha value is -2.10. The molecule has 0 aliphatic heterocycles. The van der Waals surface area contributed by atoms with Gasteiger partial charge in [0.05, 0.1) is 0 Å². The van der Waals surface area contributed by atoms with Crippen LogP contribution >= 0.6 is 0 Å². The Kier molecular flexibility index (Phi) is 4.87. The van der Waals surface area contributed by atoms with Crippen LogP contribution in [0.1, 0.15) is 26.3 Å². The van der Waals surface area contributed by atoms with Crippen molar-refractivity contribution in [2.45, 2.75) is 26.4 Å². The van der Waals surface area contributed by atoms with Gasteiger partial charge in [-0.05, 0) is 32.4 Å². The molecule has 0 unspecified atom stereocenters. The summed E-state index contributed by atoms with van der Waals surface area (Å²) in [6.45, 7) is 5.26. The molecule has 19 heavy (non-hydrogen) atoms. The van der Waals surface area contributed by atoms with Crippen LogP contribution in [0.4, 0.5) is 4.79 Å². The molecule has 1 aromatic rings. The third-order valence-corrected chi connectivity index (χ3v) is 2.22. The van der Waals surface area contributed by atoms with Gasteiger partial charge >= 0.3 is 6.09 Å². The standard InChI is InChI=1S/C15H19NO3/c1-15(2,3)19-14(18)16(4)13(17)11-10-12-8-6-5-7-9-12/h5-11H,1-4H3/b11-10+. The van der Waals surface area contributed by atoms with Crippen molar-refractivity contribution < 1.29 is 14.3 Å². The largest absolute Gasteiger partial charge is 0.443 e. The summed E-state index contributed by atoms with van der Waals surface area (Å²) in [6.07, 6.45) is 2.35. The van der Waals surface area contributed by atoms with Gasteiger partial charge in [-0.25, -0.2) is 9.69 Å². The van der Waals surface area contributed by atoms with Crippen LogP contribution in [-0.2, 0) is 9.53 Å². The minimum atomic E-state index is -0.657. The highest BCUT2D eigenvalue weighted by atomic mass is 16.6. The lowest BCUT2D eigenvalue weighted by Gasteiger charge is -2.22. The van der Waals surface area contributed by atoms with E-state index in [0.29, 0.717) is 0 Å². The second kappa shape index (κ2) is 6.18. The highest BCUT2D eigenvalue weighted by Crippen LogP contribution is 2.09. The van der Waals surface area contributed by atoms with E-state index in [1.807, 2.05) is 30.3 Å². The summed E-state index contributed by atoms with van der Waals surface area (Å²) in [5.74, 6) is -0.418. The minimum absolute atomic E-state index is 0.418. The maximum absolute atomic E-state index is 11.8. The molecule has 0 aliphatic carbocycles. The highest BCUT2D eigenvalue weighted by molar-refractivity contribution is 6.00. The van der Waals surface area contributed by atoms with Gasteiger partial charge in [-0.1, -0.05) is 30.3 Å². The van der Waals surface area contributed by atoms with E-state index in [0.717, 1.165) is 10.5 Å². The Morgan fingerprint density at radius 1 is 1.16 bits per heavy atom. The molecule has 0 N–H and O–H groups in total. The molecule has 4 heteroatoms. The Labute approximate surface area is 113 Å². The van der Waals surface area contributed by atoms with E-state index >= 15 is 0 Å². The summed E-state index contributed by atoms with van der Waals surface area (Å²) < 4.78 is 5.10. The monoisotopic (exact) mass is 261 g/mol. The van der Waals surface area contributed by atoms with E-state index < -0.39 is 17.6 Å². The second-order valence-corrected chi connectivity index (χ2v) is 5.12.